The van der Waals surface area contributed by atoms with E-state index in [2.05, 4.69) is 29.2 Å². The Morgan fingerprint density at radius 1 is 1.10 bits per heavy atom. The van der Waals surface area contributed by atoms with Crippen molar-refractivity contribution in [2.45, 2.75) is 39.5 Å². The minimum Gasteiger partial charge on any atom is -0.495 e. The van der Waals surface area contributed by atoms with Gasteiger partial charge in [0.15, 0.2) is 5.65 Å². The summed E-state index contributed by atoms with van der Waals surface area (Å²) >= 11 is 0. The van der Waals surface area contributed by atoms with Gasteiger partial charge in [-0.25, -0.2) is 9.50 Å². The third kappa shape index (κ3) is 4.67. The first-order valence-corrected chi connectivity index (χ1v) is 9.99. The molecule has 29 heavy (non-hydrogen) atoms. The van der Waals surface area contributed by atoms with Gasteiger partial charge in [-0.2, -0.15) is 0 Å². The summed E-state index contributed by atoms with van der Waals surface area (Å²) in [4.78, 5) is 17.4. The van der Waals surface area contributed by atoms with Crippen molar-refractivity contribution >= 4 is 17.2 Å². The topological polar surface area (TPSA) is 77.8 Å². The molecule has 3 aromatic rings. The van der Waals surface area contributed by atoms with E-state index in [9.17, 15) is 4.79 Å². The molecule has 7 heteroatoms. The van der Waals surface area contributed by atoms with E-state index in [1.54, 1.807) is 24.8 Å². The van der Waals surface area contributed by atoms with Crippen LogP contribution in [0.15, 0.2) is 36.5 Å². The smallest absolute Gasteiger partial charge is 0.231 e. The zero-order valence-electron chi connectivity index (χ0n) is 17.4. The van der Waals surface area contributed by atoms with E-state index >= 15 is 0 Å². The van der Waals surface area contributed by atoms with Crippen molar-refractivity contribution in [3.8, 4) is 22.9 Å². The number of aromatic nitrogens is 3. The van der Waals surface area contributed by atoms with Crippen molar-refractivity contribution < 1.29 is 14.3 Å². The summed E-state index contributed by atoms with van der Waals surface area (Å²) < 4.78 is 12.3. The Labute approximate surface area is 171 Å². The summed E-state index contributed by atoms with van der Waals surface area (Å²) in [5, 5.41) is 7.41. The molecule has 0 unspecified atom stereocenters. The van der Waals surface area contributed by atoms with Gasteiger partial charge in [0.2, 0.25) is 11.8 Å². The number of fused-ring (bicyclic) bond motifs is 1. The summed E-state index contributed by atoms with van der Waals surface area (Å²) in [5.74, 6) is 1.18. The van der Waals surface area contributed by atoms with Gasteiger partial charge in [-0.15, -0.1) is 5.10 Å². The van der Waals surface area contributed by atoms with Gasteiger partial charge in [-0.05, 0) is 37.1 Å². The highest BCUT2D eigenvalue weighted by Crippen LogP contribution is 2.31. The number of carbonyl (C=O) groups excluding carboxylic acids is 1. The molecule has 0 atom stereocenters. The monoisotopic (exact) mass is 396 g/mol. The fourth-order valence-corrected chi connectivity index (χ4v) is 3.42. The lowest BCUT2D eigenvalue weighted by molar-refractivity contribution is -0.120. The first-order valence-electron chi connectivity index (χ1n) is 9.99. The molecule has 0 aliphatic heterocycles. The fourth-order valence-electron chi connectivity index (χ4n) is 3.42. The molecule has 0 aliphatic carbocycles. The molecule has 154 valence electrons. The van der Waals surface area contributed by atoms with Crippen LogP contribution < -0.4 is 14.8 Å². The molecule has 1 aromatic carbocycles. The number of nitrogens with zero attached hydrogens (tertiary/aromatic N) is 3. The van der Waals surface area contributed by atoms with E-state index in [1.807, 2.05) is 30.5 Å². The summed E-state index contributed by atoms with van der Waals surface area (Å²) in [5.41, 5.74) is 2.98. The summed E-state index contributed by atoms with van der Waals surface area (Å²) in [6.07, 6.45) is 5.55. The van der Waals surface area contributed by atoms with Crippen molar-refractivity contribution in [1.82, 2.24) is 14.6 Å². The molecule has 0 saturated carbocycles. The number of carbonyl (C=O) groups is 1. The van der Waals surface area contributed by atoms with E-state index in [-0.39, 0.29) is 11.8 Å². The Kier molecular flexibility index (Phi) is 6.69. The number of rotatable bonds is 9. The average Bonchev–Trinajstić information content (AvgIpc) is 3.16. The maximum absolute atomic E-state index is 12.8. The van der Waals surface area contributed by atoms with Crippen molar-refractivity contribution in [2.75, 3.05) is 19.5 Å². The predicted molar refractivity (Wildman–Crippen MR) is 113 cm³/mol. The van der Waals surface area contributed by atoms with Gasteiger partial charge in [-0.1, -0.05) is 26.7 Å². The lowest BCUT2D eigenvalue weighted by Gasteiger charge is -2.17. The van der Waals surface area contributed by atoms with Gasteiger partial charge in [0.05, 0.1) is 31.8 Å². The number of hydrogen-bond acceptors (Lipinski definition) is 5. The van der Waals surface area contributed by atoms with Crippen LogP contribution in [0, 0.1) is 5.92 Å². The molecule has 2 heterocycles. The third-order valence-electron chi connectivity index (χ3n) is 4.90. The maximum atomic E-state index is 12.8. The normalized spacial score (nSPS) is 11.1. The van der Waals surface area contributed by atoms with Crippen LogP contribution in [0.25, 0.3) is 16.9 Å². The van der Waals surface area contributed by atoms with Gasteiger partial charge < -0.3 is 14.8 Å². The Balaban J connectivity index is 1.91. The Bertz CT molecular complexity index is 977. The van der Waals surface area contributed by atoms with Crippen LogP contribution in [0.4, 0.5) is 5.69 Å². The molecule has 0 spiro atoms. The first kappa shape index (κ1) is 20.6. The Morgan fingerprint density at radius 2 is 1.86 bits per heavy atom. The lowest BCUT2D eigenvalue weighted by atomic mass is 9.97. The number of anilines is 1. The molecule has 1 N–H and O–H groups in total. The van der Waals surface area contributed by atoms with Crippen LogP contribution in [0.5, 0.6) is 11.6 Å². The zero-order valence-corrected chi connectivity index (χ0v) is 17.4. The predicted octanol–water partition coefficient (Wildman–Crippen LogP) is 4.57. The molecule has 0 aliphatic rings. The van der Waals surface area contributed by atoms with Crippen molar-refractivity contribution in [3.63, 3.8) is 0 Å². The van der Waals surface area contributed by atoms with Crippen LogP contribution in [-0.2, 0) is 4.79 Å². The van der Waals surface area contributed by atoms with E-state index in [0.29, 0.717) is 23.0 Å². The maximum Gasteiger partial charge on any atom is 0.231 e. The van der Waals surface area contributed by atoms with Gasteiger partial charge in [0, 0.05) is 17.5 Å². The van der Waals surface area contributed by atoms with Gasteiger partial charge in [0.25, 0.3) is 0 Å². The quantitative estimate of drug-likeness (QED) is 0.573. The standard InChI is InChI=1S/C22H28N4O3/c1-5-7-15(8-6-2)22(27)24-17-13-16(9-10-19(17)28-3)18-14-26-20(23-18)11-12-21(25-26)29-4/h9-15H,5-8H2,1-4H3,(H,24,27). The van der Waals surface area contributed by atoms with Crippen LogP contribution in [-0.4, -0.2) is 34.7 Å². The number of amides is 1. The van der Waals surface area contributed by atoms with Crippen LogP contribution in [0.1, 0.15) is 39.5 Å². The number of benzene rings is 1. The average molecular weight is 396 g/mol. The molecule has 2 aromatic heterocycles. The van der Waals surface area contributed by atoms with Crippen LogP contribution in [0.2, 0.25) is 0 Å². The second-order valence-corrected chi connectivity index (χ2v) is 6.98. The molecular weight excluding hydrogens is 368 g/mol. The van der Waals surface area contributed by atoms with Crippen molar-refractivity contribution in [1.29, 1.82) is 0 Å². The van der Waals surface area contributed by atoms with Gasteiger partial charge >= 0.3 is 0 Å². The molecular formula is C22H28N4O3. The molecule has 0 saturated heterocycles. The highest BCUT2D eigenvalue weighted by atomic mass is 16.5. The molecule has 1 amide bonds. The number of imidazole rings is 1. The highest BCUT2D eigenvalue weighted by molar-refractivity contribution is 5.94. The van der Waals surface area contributed by atoms with Gasteiger partial charge in [0.1, 0.15) is 5.75 Å². The van der Waals surface area contributed by atoms with E-state index in [0.717, 1.165) is 36.9 Å². The zero-order chi connectivity index (χ0) is 20.8. The van der Waals surface area contributed by atoms with E-state index in [4.69, 9.17) is 9.47 Å². The van der Waals surface area contributed by atoms with E-state index in [1.165, 1.54) is 0 Å². The Hall–Kier alpha value is -3.09. The number of ether oxygens (including phenoxy) is 2. The van der Waals surface area contributed by atoms with E-state index < -0.39 is 0 Å². The Morgan fingerprint density at radius 3 is 2.52 bits per heavy atom. The van der Waals surface area contributed by atoms with Crippen LogP contribution >= 0.6 is 0 Å². The van der Waals surface area contributed by atoms with Crippen molar-refractivity contribution in [3.05, 3.63) is 36.5 Å². The second-order valence-electron chi connectivity index (χ2n) is 6.98. The number of methoxy groups -OCH3 is 2. The molecule has 3 rings (SSSR count). The number of hydrogen-bond donors (Lipinski definition) is 1. The van der Waals surface area contributed by atoms with Crippen molar-refractivity contribution in [2.24, 2.45) is 5.92 Å². The summed E-state index contributed by atoms with van der Waals surface area (Å²) in [6, 6.07) is 9.28. The minimum absolute atomic E-state index is 0.00483. The molecule has 0 radical (unpaired) electrons. The largest absolute Gasteiger partial charge is 0.495 e. The minimum atomic E-state index is 0.00483. The fraction of sp³-hybridized carbons (Fsp3) is 0.409. The first-order chi connectivity index (χ1) is 14.1. The summed E-state index contributed by atoms with van der Waals surface area (Å²) in [6.45, 7) is 4.20. The highest BCUT2D eigenvalue weighted by Gasteiger charge is 2.19. The molecule has 7 nitrogen and oxygen atoms in total. The molecule has 0 fully saturated rings. The molecule has 0 bridgehead atoms. The third-order valence-corrected chi connectivity index (χ3v) is 4.90. The second kappa shape index (κ2) is 9.41. The van der Waals surface area contributed by atoms with Crippen LogP contribution in [0.3, 0.4) is 0 Å². The lowest BCUT2D eigenvalue weighted by Crippen LogP contribution is -2.23. The SMILES string of the molecule is CCCC(CCC)C(=O)Nc1cc(-c2cn3nc(OC)ccc3n2)ccc1OC. The van der Waals surface area contributed by atoms with Gasteiger partial charge in [-0.3, -0.25) is 4.79 Å². The summed E-state index contributed by atoms with van der Waals surface area (Å²) in [7, 11) is 3.18. The number of nitrogens with one attached hydrogen (secondary N) is 1.